The van der Waals surface area contributed by atoms with E-state index in [-0.39, 0.29) is 30.4 Å². The van der Waals surface area contributed by atoms with E-state index >= 15 is 0 Å². The number of benzene rings is 3. The first-order valence-electron chi connectivity index (χ1n) is 13.0. The van der Waals surface area contributed by atoms with Crippen molar-refractivity contribution < 1.29 is 33.3 Å². The second kappa shape index (κ2) is 16.2. The van der Waals surface area contributed by atoms with Gasteiger partial charge in [0.05, 0.1) is 25.0 Å². The third kappa shape index (κ3) is 9.97. The SMILES string of the molecule is CCOC(=O)COc1ccc(/C=N\NC(=O)[C@@H](Cc2ccccc2)NC(=O)[C@@H](C)Oc2ccc(Cl)cc2Cl)cc1OC. The van der Waals surface area contributed by atoms with Gasteiger partial charge in [-0.15, -0.1) is 0 Å². The van der Waals surface area contributed by atoms with Crippen LogP contribution in [0, 0.1) is 0 Å². The standard InChI is InChI=1S/C30H31Cl2N3O7/c1-4-40-28(36)18-41-26-12-10-21(15-27(26)39-3)17-33-35-30(38)24(14-20-8-6-5-7-9-20)34-29(37)19(2)42-25-13-11-22(31)16-23(25)32/h5-13,15-17,19,24H,4,14,18H2,1-3H3,(H,34,37)(H,35,38)/b33-17-/t19-,24-/m1/s1. The maximum Gasteiger partial charge on any atom is 0.344 e. The van der Waals surface area contributed by atoms with E-state index < -0.39 is 29.9 Å². The van der Waals surface area contributed by atoms with Gasteiger partial charge in [0.1, 0.15) is 11.8 Å². The maximum atomic E-state index is 13.1. The van der Waals surface area contributed by atoms with Gasteiger partial charge in [-0.25, -0.2) is 10.2 Å². The van der Waals surface area contributed by atoms with Crippen molar-refractivity contribution in [2.24, 2.45) is 5.10 Å². The predicted molar refractivity (Wildman–Crippen MR) is 159 cm³/mol. The highest BCUT2D eigenvalue weighted by Crippen LogP contribution is 2.29. The van der Waals surface area contributed by atoms with Crippen molar-refractivity contribution in [3.05, 3.63) is 87.9 Å². The number of methoxy groups -OCH3 is 1. The van der Waals surface area contributed by atoms with Gasteiger partial charge in [-0.05, 0) is 61.4 Å². The van der Waals surface area contributed by atoms with Crippen LogP contribution in [0.1, 0.15) is 25.0 Å². The zero-order chi connectivity index (χ0) is 30.5. The van der Waals surface area contributed by atoms with E-state index in [1.165, 1.54) is 19.4 Å². The first kappa shape index (κ1) is 32.2. The van der Waals surface area contributed by atoms with Crippen LogP contribution >= 0.6 is 23.2 Å². The van der Waals surface area contributed by atoms with Crippen LogP contribution in [0.4, 0.5) is 0 Å². The highest BCUT2D eigenvalue weighted by Gasteiger charge is 2.25. The Labute approximate surface area is 253 Å². The molecule has 222 valence electrons. The monoisotopic (exact) mass is 615 g/mol. The molecule has 2 amide bonds. The summed E-state index contributed by atoms with van der Waals surface area (Å²) < 4.78 is 21.3. The minimum atomic E-state index is -0.963. The Bertz CT molecular complexity index is 1400. The molecule has 3 rings (SSSR count). The summed E-state index contributed by atoms with van der Waals surface area (Å²) in [4.78, 5) is 37.7. The first-order chi connectivity index (χ1) is 20.2. The molecule has 0 aliphatic carbocycles. The molecule has 0 aromatic heterocycles. The zero-order valence-electron chi connectivity index (χ0n) is 23.3. The van der Waals surface area contributed by atoms with Crippen molar-refractivity contribution in [3.8, 4) is 17.2 Å². The fourth-order valence-corrected chi connectivity index (χ4v) is 4.09. The number of hydrogen-bond acceptors (Lipinski definition) is 8. The molecule has 0 saturated heterocycles. The van der Waals surface area contributed by atoms with E-state index in [0.29, 0.717) is 22.1 Å². The van der Waals surface area contributed by atoms with Gasteiger partial charge >= 0.3 is 5.97 Å². The van der Waals surface area contributed by atoms with Crippen LogP contribution in [0.2, 0.25) is 10.0 Å². The van der Waals surface area contributed by atoms with Gasteiger partial charge in [-0.1, -0.05) is 53.5 Å². The average molecular weight is 616 g/mol. The Morgan fingerprint density at radius 2 is 1.69 bits per heavy atom. The van der Waals surface area contributed by atoms with Gasteiger partial charge in [0.15, 0.2) is 24.2 Å². The van der Waals surface area contributed by atoms with Crippen LogP contribution in [0.25, 0.3) is 0 Å². The number of nitrogens with zero attached hydrogens (tertiary/aromatic N) is 1. The second-order valence-corrected chi connectivity index (χ2v) is 9.67. The minimum absolute atomic E-state index is 0.211. The summed E-state index contributed by atoms with van der Waals surface area (Å²) in [5, 5.41) is 7.46. The van der Waals surface area contributed by atoms with Crippen LogP contribution in [-0.4, -0.2) is 56.5 Å². The van der Waals surface area contributed by atoms with Crippen molar-refractivity contribution in [1.82, 2.24) is 10.7 Å². The topological polar surface area (TPSA) is 125 Å². The van der Waals surface area contributed by atoms with Gasteiger partial charge in [-0.3, -0.25) is 9.59 Å². The lowest BCUT2D eigenvalue weighted by atomic mass is 10.1. The number of esters is 1. The quantitative estimate of drug-likeness (QED) is 0.154. The normalized spacial score (nSPS) is 12.2. The first-order valence-corrected chi connectivity index (χ1v) is 13.7. The molecule has 2 N–H and O–H groups in total. The smallest absolute Gasteiger partial charge is 0.344 e. The fraction of sp³-hybridized carbons (Fsp3) is 0.267. The number of hydrazone groups is 1. The van der Waals surface area contributed by atoms with Crippen molar-refractivity contribution in [2.45, 2.75) is 32.4 Å². The Morgan fingerprint density at radius 1 is 0.952 bits per heavy atom. The number of nitrogens with one attached hydrogen (secondary N) is 2. The zero-order valence-corrected chi connectivity index (χ0v) is 24.8. The van der Waals surface area contributed by atoms with Gasteiger partial charge < -0.3 is 24.3 Å². The molecule has 0 saturated carbocycles. The molecule has 0 unspecified atom stereocenters. The highest BCUT2D eigenvalue weighted by atomic mass is 35.5. The lowest BCUT2D eigenvalue weighted by Crippen LogP contribution is -2.50. The number of ether oxygens (including phenoxy) is 4. The molecule has 3 aromatic carbocycles. The third-order valence-corrected chi connectivity index (χ3v) is 6.24. The number of hydrogen-bond donors (Lipinski definition) is 2. The summed E-state index contributed by atoms with van der Waals surface area (Å²) in [7, 11) is 1.46. The van der Waals surface area contributed by atoms with Crippen molar-refractivity contribution in [2.75, 3.05) is 20.3 Å². The van der Waals surface area contributed by atoms with Crippen LogP contribution in [-0.2, 0) is 25.5 Å². The van der Waals surface area contributed by atoms with E-state index in [0.717, 1.165) is 5.56 Å². The largest absolute Gasteiger partial charge is 0.493 e. The van der Waals surface area contributed by atoms with Gasteiger partial charge in [0, 0.05) is 11.4 Å². The molecule has 2 atom stereocenters. The molecular formula is C30H31Cl2N3O7. The summed E-state index contributed by atoms with van der Waals surface area (Å²) >= 11 is 12.1. The fourth-order valence-electron chi connectivity index (χ4n) is 3.63. The van der Waals surface area contributed by atoms with Crippen LogP contribution in [0.15, 0.2) is 71.8 Å². The molecule has 0 bridgehead atoms. The molecule has 3 aromatic rings. The number of carbonyl (C=O) groups is 3. The molecule has 42 heavy (non-hydrogen) atoms. The molecule has 0 heterocycles. The lowest BCUT2D eigenvalue weighted by Gasteiger charge is -2.21. The maximum absolute atomic E-state index is 13.1. The van der Waals surface area contributed by atoms with Crippen molar-refractivity contribution in [1.29, 1.82) is 0 Å². The van der Waals surface area contributed by atoms with Gasteiger partial charge in [0.2, 0.25) is 0 Å². The Balaban J connectivity index is 1.67. The summed E-state index contributed by atoms with van der Waals surface area (Å²) in [5.74, 6) is -0.581. The Morgan fingerprint density at radius 3 is 2.38 bits per heavy atom. The number of rotatable bonds is 14. The van der Waals surface area contributed by atoms with E-state index in [1.54, 1.807) is 44.2 Å². The van der Waals surface area contributed by atoms with E-state index in [9.17, 15) is 14.4 Å². The molecule has 0 fully saturated rings. The van der Waals surface area contributed by atoms with E-state index in [2.05, 4.69) is 15.8 Å². The van der Waals surface area contributed by atoms with Crippen LogP contribution < -0.4 is 25.0 Å². The predicted octanol–water partition coefficient (Wildman–Crippen LogP) is 4.59. The van der Waals surface area contributed by atoms with Crippen LogP contribution in [0.3, 0.4) is 0 Å². The lowest BCUT2D eigenvalue weighted by molar-refractivity contribution is -0.145. The molecule has 0 radical (unpaired) electrons. The van der Waals surface area contributed by atoms with Gasteiger partial charge in [-0.2, -0.15) is 5.10 Å². The van der Waals surface area contributed by atoms with E-state index in [4.69, 9.17) is 42.1 Å². The average Bonchev–Trinajstić information content (AvgIpc) is 2.98. The van der Waals surface area contributed by atoms with Crippen molar-refractivity contribution in [3.63, 3.8) is 0 Å². The summed E-state index contributed by atoms with van der Waals surface area (Å²) in [5.41, 5.74) is 3.89. The molecule has 10 nitrogen and oxygen atoms in total. The third-order valence-electron chi connectivity index (χ3n) is 5.71. The summed E-state index contributed by atoms with van der Waals surface area (Å²) in [6.45, 7) is 3.24. The number of halogens is 2. The molecule has 0 aliphatic rings. The van der Waals surface area contributed by atoms with Crippen molar-refractivity contribution >= 4 is 47.2 Å². The molecule has 0 aliphatic heterocycles. The summed E-state index contributed by atoms with van der Waals surface area (Å²) in [6.07, 6.45) is 0.656. The summed E-state index contributed by atoms with van der Waals surface area (Å²) in [6, 6.07) is 17.8. The number of carbonyl (C=O) groups excluding carboxylic acids is 3. The molecule has 12 heteroatoms. The Hall–Kier alpha value is -4.28. The molecular weight excluding hydrogens is 585 g/mol. The Kier molecular flexibility index (Phi) is 12.5. The highest BCUT2D eigenvalue weighted by molar-refractivity contribution is 6.35. The molecule has 0 spiro atoms. The van der Waals surface area contributed by atoms with Crippen LogP contribution in [0.5, 0.6) is 17.2 Å². The minimum Gasteiger partial charge on any atom is -0.493 e. The number of amides is 2. The van der Waals surface area contributed by atoms with Gasteiger partial charge in [0.25, 0.3) is 11.8 Å². The second-order valence-electron chi connectivity index (χ2n) is 8.82. The van der Waals surface area contributed by atoms with E-state index in [1.807, 2.05) is 30.3 Å².